The molecule has 338 valence electrons. The second kappa shape index (κ2) is 20.1. The number of nitriles is 1. The molecule has 0 N–H and O–H groups in total. The third kappa shape index (κ3) is 9.76. The van der Waals surface area contributed by atoms with Crippen LogP contribution in [0.25, 0.3) is 66.8 Å². The number of pyridine rings is 3. The fraction of sp³-hybridized carbons (Fsp3) is 0.188. The van der Waals surface area contributed by atoms with Crippen molar-refractivity contribution in [3.8, 4) is 51.0 Å². The first-order valence-electron chi connectivity index (χ1n) is 31.7. The Labute approximate surface area is 432 Å². The van der Waals surface area contributed by atoms with Gasteiger partial charge in [0.25, 0.3) is 0 Å². The van der Waals surface area contributed by atoms with E-state index in [0.29, 0.717) is 38.9 Å². The van der Waals surface area contributed by atoms with E-state index in [0.717, 1.165) is 36.8 Å². The Kier molecular flexibility index (Phi) is 8.09. The molecule has 0 aliphatic heterocycles. The molecule has 0 saturated carbocycles. The van der Waals surface area contributed by atoms with Gasteiger partial charge in [-0.1, -0.05) is 161 Å². The molecule has 0 atom stereocenters. The maximum absolute atomic E-state index is 10.5. The van der Waals surface area contributed by atoms with Crippen molar-refractivity contribution in [1.29, 1.82) is 5.26 Å². The van der Waals surface area contributed by atoms with Gasteiger partial charge in [0.15, 0.2) is 5.58 Å². The minimum atomic E-state index is -3.30. The first kappa shape index (κ1) is 27.8. The van der Waals surface area contributed by atoms with Gasteiger partial charge >= 0.3 is 0 Å². The van der Waals surface area contributed by atoms with Gasteiger partial charge in [0.2, 0.25) is 0 Å². The SMILES string of the molecule is [2H]c1c([2H])c([2H])c(-c2ccc3c(oc4c(-c5ccc(C([2H])([2H])C([2H])([2H])c6cc(C([2H])([2H])C([2H])([2H])c7cnc(-c8ccccc8)cc7C([2H])(C)C)cc(C([2H])([2H])C([2H])([2H])c7cnc(-c8ccccc8)cc7C([2H])(C)C)c6)cn5)cccc43)c2C#N)c([2H])c1[2H]. The number of hydrogen-bond acceptors (Lipinski definition) is 5. The summed E-state index contributed by atoms with van der Waals surface area (Å²) < 4.78 is 183. The molecule has 4 heterocycles. The highest BCUT2D eigenvalue weighted by Gasteiger charge is 2.19. The van der Waals surface area contributed by atoms with E-state index in [-0.39, 0.29) is 61.4 Å². The molecule has 5 heteroatoms. The van der Waals surface area contributed by atoms with E-state index < -0.39 is 96.9 Å². The quantitative estimate of drug-likeness (QED) is 0.102. The van der Waals surface area contributed by atoms with Gasteiger partial charge in [-0.3, -0.25) is 15.0 Å². The van der Waals surface area contributed by atoms with Crippen LogP contribution in [0.15, 0.2) is 187 Å². The molecule has 6 aromatic carbocycles. The molecule has 0 fully saturated rings. The van der Waals surface area contributed by atoms with Crippen molar-refractivity contribution < 1.29 is 30.5 Å². The summed E-state index contributed by atoms with van der Waals surface area (Å²) in [7, 11) is 0. The highest BCUT2D eigenvalue weighted by atomic mass is 16.3. The molecule has 69 heavy (non-hydrogen) atoms. The van der Waals surface area contributed by atoms with Crippen LogP contribution in [0, 0.1) is 11.3 Å². The zero-order valence-electron chi connectivity index (χ0n) is 57.1. The zero-order chi connectivity index (χ0) is 64.2. The van der Waals surface area contributed by atoms with Crippen LogP contribution in [-0.2, 0) is 38.2 Å². The van der Waals surface area contributed by atoms with Gasteiger partial charge in [0.05, 0.1) is 23.9 Å². The van der Waals surface area contributed by atoms with E-state index in [2.05, 4.69) is 21.0 Å². The molecule has 0 unspecified atom stereocenters. The van der Waals surface area contributed by atoms with Crippen molar-refractivity contribution in [3.05, 3.63) is 232 Å². The number of fused-ring (bicyclic) bond motifs is 3. The average Bonchev–Trinajstić information content (AvgIpc) is 0.813. The van der Waals surface area contributed by atoms with Gasteiger partial charge in [-0.2, -0.15) is 5.26 Å². The summed E-state index contributed by atoms with van der Waals surface area (Å²) in [6.07, 6.45) is -16.1. The van der Waals surface area contributed by atoms with Crippen LogP contribution in [0.4, 0.5) is 0 Å². The van der Waals surface area contributed by atoms with E-state index in [9.17, 15) is 21.7 Å². The number of furan rings is 1. The molecular formula is C64H56N4O. The van der Waals surface area contributed by atoms with E-state index >= 15 is 0 Å². The Morgan fingerprint density at radius 2 is 1.04 bits per heavy atom. The molecule has 0 aliphatic rings. The topological polar surface area (TPSA) is 75.6 Å². The normalized spacial score (nSPS) is 17.1. The first-order valence-corrected chi connectivity index (χ1v) is 22.2. The second-order valence-electron chi connectivity index (χ2n) is 16.7. The summed E-state index contributed by atoms with van der Waals surface area (Å²) in [5, 5.41) is 11.5. The van der Waals surface area contributed by atoms with Gasteiger partial charge in [0, 0.05) is 70.8 Å². The monoisotopic (exact) mass is 916 g/mol. The molecule has 0 spiro atoms. The average molecular weight is 916 g/mol. The zero-order valence-corrected chi connectivity index (χ0v) is 38.1. The molecule has 5 nitrogen and oxygen atoms in total. The van der Waals surface area contributed by atoms with Gasteiger partial charge in [0.1, 0.15) is 17.2 Å². The molecular weight excluding hydrogens is 841 g/mol. The Bertz CT molecular complexity index is 4260. The van der Waals surface area contributed by atoms with Crippen LogP contribution in [-0.4, -0.2) is 15.0 Å². The van der Waals surface area contributed by atoms with Gasteiger partial charge in [-0.05, 0) is 130 Å². The molecule has 0 radical (unpaired) electrons. The van der Waals surface area contributed by atoms with Gasteiger partial charge < -0.3 is 4.42 Å². The summed E-state index contributed by atoms with van der Waals surface area (Å²) in [5.41, 5.74) is -0.632. The maximum Gasteiger partial charge on any atom is 0.153 e. The van der Waals surface area contributed by atoms with Gasteiger partial charge in [-0.25, -0.2) is 0 Å². The van der Waals surface area contributed by atoms with Crippen molar-refractivity contribution in [3.63, 3.8) is 0 Å². The van der Waals surface area contributed by atoms with E-state index in [4.69, 9.17) is 14.0 Å². The van der Waals surface area contributed by atoms with Gasteiger partial charge in [-0.15, -0.1) is 0 Å². The lowest BCUT2D eigenvalue weighted by Gasteiger charge is -2.16. The lowest BCUT2D eigenvalue weighted by atomic mass is 9.90. The highest BCUT2D eigenvalue weighted by molar-refractivity contribution is 6.11. The summed E-state index contributed by atoms with van der Waals surface area (Å²) in [5.74, 6) is -3.14. The third-order valence-corrected chi connectivity index (χ3v) is 11.6. The lowest BCUT2D eigenvalue weighted by Crippen LogP contribution is -2.04. The van der Waals surface area contributed by atoms with Crippen molar-refractivity contribution in [1.82, 2.24) is 15.0 Å². The third-order valence-electron chi connectivity index (χ3n) is 11.6. The van der Waals surface area contributed by atoms with Crippen LogP contribution >= 0.6 is 0 Å². The first-order chi connectivity index (χ1) is 41.0. The molecule has 0 saturated heterocycles. The summed E-state index contributed by atoms with van der Waals surface area (Å²) in [6, 6.07) is 33.4. The molecule has 10 rings (SSSR count). The smallest absolute Gasteiger partial charge is 0.153 e. The molecule has 0 aliphatic carbocycles. The largest absolute Gasteiger partial charge is 0.454 e. The summed E-state index contributed by atoms with van der Waals surface area (Å²) in [6.45, 7) is 5.97. The summed E-state index contributed by atoms with van der Waals surface area (Å²) in [4.78, 5) is 13.5. The number of para-hydroxylation sites is 1. The Balaban J connectivity index is 1.10. The lowest BCUT2D eigenvalue weighted by molar-refractivity contribution is 0.668. The number of nitrogens with zero attached hydrogens (tertiary/aromatic N) is 4. The Morgan fingerprint density at radius 1 is 0.507 bits per heavy atom. The highest BCUT2D eigenvalue weighted by Crippen LogP contribution is 2.39. The van der Waals surface area contributed by atoms with Crippen LogP contribution in [0.5, 0.6) is 0 Å². The summed E-state index contributed by atoms with van der Waals surface area (Å²) >= 11 is 0. The van der Waals surface area contributed by atoms with Crippen LogP contribution in [0.1, 0.15) is 116 Å². The van der Waals surface area contributed by atoms with Crippen LogP contribution in [0.2, 0.25) is 0 Å². The molecule has 0 amide bonds. The fourth-order valence-corrected chi connectivity index (χ4v) is 8.13. The predicted molar refractivity (Wildman–Crippen MR) is 283 cm³/mol. The predicted octanol–water partition coefficient (Wildman–Crippen LogP) is 15.9. The van der Waals surface area contributed by atoms with Crippen molar-refractivity contribution in [2.45, 2.75) is 77.7 Å². The van der Waals surface area contributed by atoms with Crippen molar-refractivity contribution in [2.24, 2.45) is 0 Å². The fourth-order valence-electron chi connectivity index (χ4n) is 8.13. The van der Waals surface area contributed by atoms with Crippen molar-refractivity contribution in [2.75, 3.05) is 0 Å². The minimum absolute atomic E-state index is 0.0378. The van der Waals surface area contributed by atoms with E-state index in [1.807, 2.05) is 0 Å². The molecule has 10 aromatic rings. The molecule has 0 bridgehead atoms. The van der Waals surface area contributed by atoms with Crippen LogP contribution in [0.3, 0.4) is 0 Å². The second-order valence-corrected chi connectivity index (χ2v) is 16.7. The number of rotatable bonds is 15. The Morgan fingerprint density at radius 3 is 1.58 bits per heavy atom. The van der Waals surface area contributed by atoms with E-state index in [1.54, 1.807) is 84.9 Å². The number of benzene rings is 6. The Hall–Kier alpha value is -7.94. The maximum atomic E-state index is 10.5. The van der Waals surface area contributed by atoms with Crippen LogP contribution < -0.4 is 0 Å². The number of aryl methyl sites for hydroxylation is 6. The number of hydrogen-bond donors (Lipinski definition) is 0. The molecule has 4 aromatic heterocycles. The minimum Gasteiger partial charge on any atom is -0.454 e. The van der Waals surface area contributed by atoms with Crippen molar-refractivity contribution >= 4 is 21.9 Å². The number of aromatic nitrogens is 3. The standard InChI is InChI=1S/C64H56N4O/c1-42(2)57-36-61(49-17-10-6-11-18-49)67-40-51(57)28-25-46-33-45(34-47(35-46)26-29-52-41-68-62(37-58(52)43(3)4)50-19-12-7-13-20-50)24-23-44-27-32-60(66-39-44)56-22-14-21-54-55-31-30-53(48-15-8-5-9-16-48)59(38-65)64(55)69-63(54)56/h5-22,27,30-37,39-43H,23-26,28-29H2,1-4H3/i5D,8D,9D,15D,16D,23D2,24D2,25D2,26D2,28D2,29D2,42D,43D. The van der Waals surface area contributed by atoms with E-state index in [1.165, 1.54) is 58.0 Å².